The molecule has 2 N–H and O–H groups in total. The molecule has 1 heterocycles. The standard InChI is InChI=1S/C9H7N3O2/c10-5-7(12-13)9-11-6-3-1-2-4-8(6)14-9/h1-4,7,12-13H. The van der Waals surface area contributed by atoms with E-state index in [1.54, 1.807) is 12.1 Å². The molecule has 14 heavy (non-hydrogen) atoms. The van der Waals surface area contributed by atoms with Gasteiger partial charge >= 0.3 is 0 Å². The summed E-state index contributed by atoms with van der Waals surface area (Å²) in [5, 5.41) is 17.3. The lowest BCUT2D eigenvalue weighted by atomic mass is 10.3. The van der Waals surface area contributed by atoms with Crippen molar-refractivity contribution in [3.63, 3.8) is 0 Å². The van der Waals surface area contributed by atoms with Crippen molar-refractivity contribution in [3.05, 3.63) is 30.2 Å². The van der Waals surface area contributed by atoms with E-state index in [0.29, 0.717) is 11.1 Å². The van der Waals surface area contributed by atoms with Gasteiger partial charge in [-0.1, -0.05) is 12.1 Å². The minimum atomic E-state index is -0.928. The van der Waals surface area contributed by atoms with Crippen LogP contribution in [0.3, 0.4) is 0 Å². The molecule has 0 aliphatic carbocycles. The van der Waals surface area contributed by atoms with Gasteiger partial charge in [0.1, 0.15) is 5.52 Å². The average molecular weight is 189 g/mol. The predicted molar refractivity (Wildman–Crippen MR) is 47.3 cm³/mol. The number of aromatic nitrogens is 1. The maximum absolute atomic E-state index is 8.63. The molecule has 1 unspecified atom stereocenters. The van der Waals surface area contributed by atoms with Crippen LogP contribution in [0.5, 0.6) is 0 Å². The first-order valence-electron chi connectivity index (χ1n) is 4.00. The van der Waals surface area contributed by atoms with Crippen LogP contribution in [-0.4, -0.2) is 10.2 Å². The van der Waals surface area contributed by atoms with Gasteiger partial charge in [0.05, 0.1) is 6.07 Å². The zero-order valence-corrected chi connectivity index (χ0v) is 7.14. The van der Waals surface area contributed by atoms with Gasteiger partial charge in [0.25, 0.3) is 0 Å². The molecule has 0 amide bonds. The molecular weight excluding hydrogens is 182 g/mol. The first-order chi connectivity index (χ1) is 6.85. The largest absolute Gasteiger partial charge is 0.438 e. The molecule has 0 bridgehead atoms. The van der Waals surface area contributed by atoms with Crippen molar-refractivity contribution in [3.8, 4) is 6.07 Å². The van der Waals surface area contributed by atoms with Crippen molar-refractivity contribution < 1.29 is 9.62 Å². The van der Waals surface area contributed by atoms with Crippen LogP contribution in [0.15, 0.2) is 28.7 Å². The minimum Gasteiger partial charge on any atom is -0.438 e. The molecule has 2 aromatic rings. The normalized spacial score (nSPS) is 12.6. The lowest BCUT2D eigenvalue weighted by Crippen LogP contribution is -2.14. The molecule has 0 fully saturated rings. The third-order valence-electron chi connectivity index (χ3n) is 1.82. The molecular formula is C9H7N3O2. The molecule has 5 heteroatoms. The number of benzene rings is 1. The summed E-state index contributed by atoms with van der Waals surface area (Å²) in [7, 11) is 0. The van der Waals surface area contributed by atoms with Crippen molar-refractivity contribution >= 4 is 11.1 Å². The summed E-state index contributed by atoms with van der Waals surface area (Å²) in [6.45, 7) is 0. The highest BCUT2D eigenvalue weighted by atomic mass is 16.5. The highest BCUT2D eigenvalue weighted by Crippen LogP contribution is 2.18. The van der Waals surface area contributed by atoms with E-state index in [2.05, 4.69) is 4.98 Å². The van der Waals surface area contributed by atoms with Crippen LogP contribution in [0.1, 0.15) is 11.9 Å². The van der Waals surface area contributed by atoms with Crippen LogP contribution >= 0.6 is 0 Å². The summed E-state index contributed by atoms with van der Waals surface area (Å²) in [5.41, 5.74) is 3.07. The summed E-state index contributed by atoms with van der Waals surface area (Å²) in [5.74, 6) is 0.163. The van der Waals surface area contributed by atoms with E-state index in [9.17, 15) is 0 Å². The molecule has 5 nitrogen and oxygen atoms in total. The molecule has 0 aliphatic heterocycles. The maximum Gasteiger partial charge on any atom is 0.229 e. The number of nitriles is 1. The topological polar surface area (TPSA) is 82.1 Å². The number of hydrogen-bond donors (Lipinski definition) is 2. The van der Waals surface area contributed by atoms with Gasteiger partial charge < -0.3 is 9.62 Å². The van der Waals surface area contributed by atoms with Gasteiger partial charge in [0.15, 0.2) is 11.6 Å². The summed E-state index contributed by atoms with van der Waals surface area (Å²) in [6, 6.07) is 8.04. The predicted octanol–water partition coefficient (Wildman–Crippen LogP) is 1.37. The summed E-state index contributed by atoms with van der Waals surface area (Å²) in [4.78, 5) is 4.04. The van der Waals surface area contributed by atoms with E-state index in [0.717, 1.165) is 0 Å². The van der Waals surface area contributed by atoms with Gasteiger partial charge in [-0.3, -0.25) is 0 Å². The number of oxazole rings is 1. The number of nitrogens with one attached hydrogen (secondary N) is 1. The number of hydroxylamine groups is 1. The Labute approximate surface area is 79.5 Å². The van der Waals surface area contributed by atoms with E-state index in [1.165, 1.54) is 0 Å². The van der Waals surface area contributed by atoms with Gasteiger partial charge in [-0.15, -0.1) is 0 Å². The molecule has 2 rings (SSSR count). The second-order valence-electron chi connectivity index (χ2n) is 2.71. The van der Waals surface area contributed by atoms with Crippen LogP contribution in [0.2, 0.25) is 0 Å². The molecule has 0 radical (unpaired) electrons. The Hall–Kier alpha value is -1.90. The van der Waals surface area contributed by atoms with Crippen molar-refractivity contribution in [2.45, 2.75) is 6.04 Å². The Kier molecular flexibility index (Phi) is 2.14. The lowest BCUT2D eigenvalue weighted by molar-refractivity contribution is 0.136. The van der Waals surface area contributed by atoms with Crippen LogP contribution in [0.25, 0.3) is 11.1 Å². The number of fused-ring (bicyclic) bond motifs is 1. The van der Waals surface area contributed by atoms with Gasteiger partial charge in [0, 0.05) is 0 Å². The number of nitrogens with zero attached hydrogens (tertiary/aromatic N) is 2. The van der Waals surface area contributed by atoms with Crippen LogP contribution in [0, 0.1) is 11.3 Å². The summed E-state index contributed by atoms with van der Waals surface area (Å²) < 4.78 is 5.26. The molecule has 1 aromatic carbocycles. The van der Waals surface area contributed by atoms with Gasteiger partial charge in [-0.2, -0.15) is 10.7 Å². The fourth-order valence-electron chi connectivity index (χ4n) is 1.15. The van der Waals surface area contributed by atoms with Crippen molar-refractivity contribution in [2.24, 2.45) is 0 Å². The number of rotatable bonds is 2. The summed E-state index contributed by atoms with van der Waals surface area (Å²) >= 11 is 0. The Bertz CT molecular complexity index is 453. The summed E-state index contributed by atoms with van der Waals surface area (Å²) in [6.07, 6.45) is 0. The molecule has 0 spiro atoms. The van der Waals surface area contributed by atoms with Gasteiger partial charge in [-0.05, 0) is 12.1 Å². The van der Waals surface area contributed by atoms with Gasteiger partial charge in [0.2, 0.25) is 5.89 Å². The minimum absolute atomic E-state index is 0.163. The molecule has 0 saturated heterocycles. The van der Waals surface area contributed by atoms with Crippen molar-refractivity contribution in [1.82, 2.24) is 10.5 Å². The van der Waals surface area contributed by atoms with E-state index in [-0.39, 0.29) is 5.89 Å². The third-order valence-corrected chi connectivity index (χ3v) is 1.82. The van der Waals surface area contributed by atoms with E-state index >= 15 is 0 Å². The second-order valence-corrected chi connectivity index (χ2v) is 2.71. The Balaban J connectivity index is 2.50. The Morgan fingerprint density at radius 2 is 2.29 bits per heavy atom. The van der Waals surface area contributed by atoms with E-state index in [1.807, 2.05) is 23.7 Å². The van der Waals surface area contributed by atoms with E-state index < -0.39 is 6.04 Å². The SMILES string of the molecule is N#CC(NO)c1nc2ccccc2o1. The molecule has 1 atom stereocenters. The second kappa shape index (κ2) is 3.46. The third kappa shape index (κ3) is 1.33. The zero-order chi connectivity index (χ0) is 9.97. The Morgan fingerprint density at radius 3 is 2.93 bits per heavy atom. The molecule has 70 valence electrons. The zero-order valence-electron chi connectivity index (χ0n) is 7.14. The smallest absolute Gasteiger partial charge is 0.229 e. The highest BCUT2D eigenvalue weighted by Gasteiger charge is 2.15. The first-order valence-corrected chi connectivity index (χ1v) is 4.00. The lowest BCUT2D eigenvalue weighted by Gasteiger charge is -1.98. The van der Waals surface area contributed by atoms with Crippen LogP contribution in [-0.2, 0) is 0 Å². The van der Waals surface area contributed by atoms with Crippen molar-refractivity contribution in [1.29, 1.82) is 5.26 Å². The number of para-hydroxylation sites is 2. The van der Waals surface area contributed by atoms with Gasteiger partial charge in [-0.25, -0.2) is 4.98 Å². The fraction of sp³-hybridized carbons (Fsp3) is 0.111. The molecule has 1 aromatic heterocycles. The Morgan fingerprint density at radius 1 is 1.50 bits per heavy atom. The quantitative estimate of drug-likeness (QED) is 0.697. The molecule has 0 aliphatic rings. The highest BCUT2D eigenvalue weighted by molar-refractivity contribution is 5.72. The van der Waals surface area contributed by atoms with Crippen molar-refractivity contribution in [2.75, 3.05) is 0 Å². The fourth-order valence-corrected chi connectivity index (χ4v) is 1.15. The van der Waals surface area contributed by atoms with Crippen LogP contribution in [0.4, 0.5) is 0 Å². The van der Waals surface area contributed by atoms with Crippen LogP contribution < -0.4 is 5.48 Å². The maximum atomic E-state index is 8.63. The first kappa shape index (κ1) is 8.69. The van der Waals surface area contributed by atoms with E-state index in [4.69, 9.17) is 14.9 Å². The monoisotopic (exact) mass is 189 g/mol. The average Bonchev–Trinajstić information content (AvgIpc) is 2.63. The number of hydrogen-bond acceptors (Lipinski definition) is 5. The molecule has 0 saturated carbocycles.